The van der Waals surface area contributed by atoms with E-state index >= 15 is 0 Å². The highest BCUT2D eigenvalue weighted by Gasteiger charge is 2.37. The number of likely N-dealkylation sites (tertiary alicyclic amines) is 1. The summed E-state index contributed by atoms with van der Waals surface area (Å²) in [6.45, 7) is 5.23. The minimum absolute atomic E-state index is 0.130. The van der Waals surface area contributed by atoms with Crippen LogP contribution in [0.25, 0.3) is 0 Å². The van der Waals surface area contributed by atoms with E-state index in [1.807, 2.05) is 14.0 Å². The van der Waals surface area contributed by atoms with Gasteiger partial charge in [-0.2, -0.15) is 0 Å². The van der Waals surface area contributed by atoms with Gasteiger partial charge in [0.15, 0.2) is 5.96 Å². The maximum absolute atomic E-state index is 11.7. The van der Waals surface area contributed by atoms with Crippen molar-refractivity contribution in [1.82, 2.24) is 15.5 Å². The zero-order valence-corrected chi connectivity index (χ0v) is 15.1. The van der Waals surface area contributed by atoms with Crippen LogP contribution in [0, 0.1) is 17.8 Å². The quantitative estimate of drug-likeness (QED) is 0.597. The van der Waals surface area contributed by atoms with Gasteiger partial charge in [0.05, 0.1) is 12.6 Å². The number of hydrogen-bond donors (Lipinski definition) is 2. The number of nitrogens with zero attached hydrogens (tertiary/aromatic N) is 2. The number of alkyl carbamates (subject to hydrolysis) is 1. The summed E-state index contributed by atoms with van der Waals surface area (Å²) in [6, 6.07) is 0.130. The summed E-state index contributed by atoms with van der Waals surface area (Å²) >= 11 is 0. The monoisotopic (exact) mass is 336 g/mol. The Balaban J connectivity index is 1.50. The van der Waals surface area contributed by atoms with E-state index in [2.05, 4.69) is 20.5 Å². The second-order valence-electron chi connectivity index (χ2n) is 7.45. The van der Waals surface area contributed by atoms with Crippen LogP contribution in [0.3, 0.4) is 0 Å². The summed E-state index contributed by atoms with van der Waals surface area (Å²) in [7, 11) is 1.86. The molecular formula is C18H32N4O2. The lowest BCUT2D eigenvalue weighted by atomic mass is 9.82. The molecule has 0 aromatic heterocycles. The van der Waals surface area contributed by atoms with Crippen molar-refractivity contribution in [2.45, 2.75) is 51.5 Å². The van der Waals surface area contributed by atoms with Crippen molar-refractivity contribution in [3.8, 4) is 0 Å². The van der Waals surface area contributed by atoms with Crippen LogP contribution in [0.2, 0.25) is 0 Å². The lowest BCUT2D eigenvalue weighted by Crippen LogP contribution is -2.49. The van der Waals surface area contributed by atoms with Gasteiger partial charge in [-0.15, -0.1) is 0 Å². The predicted molar refractivity (Wildman–Crippen MR) is 95.1 cm³/mol. The Kier molecular flexibility index (Phi) is 5.85. The van der Waals surface area contributed by atoms with E-state index in [9.17, 15) is 4.79 Å². The molecule has 6 heteroatoms. The fourth-order valence-electron chi connectivity index (χ4n) is 4.27. The standard InChI is InChI=1S/C18H32N4O2/c1-3-24-18(23)21-16(13-8-9-13)10-20-17(19-2)22-11-14-6-4-5-7-15(14)12-22/h13-16H,3-12H2,1-2H3,(H,19,20)(H,21,23). The average Bonchev–Trinajstić information content (AvgIpc) is 3.33. The normalized spacial score (nSPS) is 28.2. The van der Waals surface area contributed by atoms with Crippen molar-refractivity contribution >= 4 is 12.1 Å². The van der Waals surface area contributed by atoms with Crippen LogP contribution in [-0.4, -0.2) is 56.3 Å². The van der Waals surface area contributed by atoms with Gasteiger partial charge in [0.1, 0.15) is 0 Å². The molecule has 3 atom stereocenters. The number of aliphatic imine (C=N–C) groups is 1. The van der Waals surface area contributed by atoms with Crippen molar-refractivity contribution in [1.29, 1.82) is 0 Å². The Morgan fingerprint density at radius 3 is 2.42 bits per heavy atom. The summed E-state index contributed by atoms with van der Waals surface area (Å²) in [6.07, 6.45) is 7.57. The summed E-state index contributed by atoms with van der Waals surface area (Å²) in [5.41, 5.74) is 0. The Labute approximate surface area is 145 Å². The summed E-state index contributed by atoms with van der Waals surface area (Å²) in [4.78, 5) is 18.6. The first-order valence-electron chi connectivity index (χ1n) is 9.60. The molecular weight excluding hydrogens is 304 g/mol. The van der Waals surface area contributed by atoms with Crippen LogP contribution in [0.1, 0.15) is 45.4 Å². The van der Waals surface area contributed by atoms with E-state index in [-0.39, 0.29) is 12.1 Å². The van der Waals surface area contributed by atoms with Crippen LogP contribution in [0.15, 0.2) is 4.99 Å². The number of amides is 1. The summed E-state index contributed by atoms with van der Waals surface area (Å²) in [5.74, 6) is 3.24. The van der Waals surface area contributed by atoms with Gasteiger partial charge < -0.3 is 20.3 Å². The molecule has 3 fully saturated rings. The molecule has 0 aromatic carbocycles. The minimum Gasteiger partial charge on any atom is -0.450 e. The fourth-order valence-corrected chi connectivity index (χ4v) is 4.27. The van der Waals surface area contributed by atoms with Gasteiger partial charge in [-0.3, -0.25) is 4.99 Å². The van der Waals surface area contributed by atoms with Gasteiger partial charge in [-0.1, -0.05) is 12.8 Å². The number of carbonyl (C=O) groups is 1. The van der Waals surface area contributed by atoms with E-state index < -0.39 is 0 Å². The molecule has 2 saturated carbocycles. The summed E-state index contributed by atoms with van der Waals surface area (Å²) < 4.78 is 5.03. The number of rotatable bonds is 5. The number of carbonyl (C=O) groups excluding carboxylic acids is 1. The van der Waals surface area contributed by atoms with Crippen LogP contribution < -0.4 is 10.6 Å². The van der Waals surface area contributed by atoms with Gasteiger partial charge in [0, 0.05) is 26.7 Å². The Morgan fingerprint density at radius 2 is 1.88 bits per heavy atom. The van der Waals surface area contributed by atoms with E-state index in [4.69, 9.17) is 4.74 Å². The average molecular weight is 336 g/mol. The second kappa shape index (κ2) is 8.08. The van der Waals surface area contributed by atoms with Crippen molar-refractivity contribution in [2.75, 3.05) is 33.3 Å². The molecule has 0 spiro atoms. The van der Waals surface area contributed by atoms with E-state index in [1.54, 1.807) is 0 Å². The molecule has 1 aliphatic heterocycles. The van der Waals surface area contributed by atoms with Crippen molar-refractivity contribution in [3.05, 3.63) is 0 Å². The number of hydrogen-bond acceptors (Lipinski definition) is 3. The molecule has 3 aliphatic rings. The molecule has 136 valence electrons. The molecule has 6 nitrogen and oxygen atoms in total. The SMILES string of the molecule is CCOC(=O)NC(CNC(=NC)N1CC2CCCCC2C1)C1CC1. The van der Waals surface area contributed by atoms with E-state index in [1.165, 1.54) is 38.5 Å². The molecule has 0 bridgehead atoms. The Hall–Kier alpha value is -1.46. The molecule has 24 heavy (non-hydrogen) atoms. The summed E-state index contributed by atoms with van der Waals surface area (Å²) in [5, 5.41) is 6.50. The molecule has 0 aromatic rings. The lowest BCUT2D eigenvalue weighted by Gasteiger charge is -2.25. The molecule has 3 rings (SSSR count). The first-order valence-corrected chi connectivity index (χ1v) is 9.60. The van der Waals surface area contributed by atoms with Crippen LogP contribution in [-0.2, 0) is 4.74 Å². The van der Waals surface area contributed by atoms with Crippen LogP contribution >= 0.6 is 0 Å². The van der Waals surface area contributed by atoms with Crippen LogP contribution in [0.5, 0.6) is 0 Å². The van der Waals surface area contributed by atoms with E-state index in [0.29, 0.717) is 12.5 Å². The second-order valence-corrected chi connectivity index (χ2v) is 7.45. The van der Waals surface area contributed by atoms with Gasteiger partial charge in [0.25, 0.3) is 0 Å². The third kappa shape index (κ3) is 4.33. The first kappa shape index (κ1) is 17.4. The smallest absolute Gasteiger partial charge is 0.407 e. The third-order valence-electron chi connectivity index (χ3n) is 5.74. The number of nitrogens with one attached hydrogen (secondary N) is 2. The van der Waals surface area contributed by atoms with Crippen molar-refractivity contribution < 1.29 is 9.53 Å². The largest absolute Gasteiger partial charge is 0.450 e. The molecule has 2 N–H and O–H groups in total. The maximum atomic E-state index is 11.7. The Bertz CT molecular complexity index is 450. The van der Waals surface area contributed by atoms with Gasteiger partial charge in [-0.05, 0) is 50.4 Å². The highest BCUT2D eigenvalue weighted by molar-refractivity contribution is 5.80. The third-order valence-corrected chi connectivity index (χ3v) is 5.74. The maximum Gasteiger partial charge on any atom is 0.407 e. The number of guanidine groups is 1. The van der Waals surface area contributed by atoms with Crippen molar-refractivity contribution in [3.63, 3.8) is 0 Å². The zero-order valence-electron chi connectivity index (χ0n) is 15.1. The molecule has 3 unspecified atom stereocenters. The van der Waals surface area contributed by atoms with Gasteiger partial charge in [0.2, 0.25) is 0 Å². The lowest BCUT2D eigenvalue weighted by molar-refractivity contribution is 0.146. The topological polar surface area (TPSA) is 66.0 Å². The predicted octanol–water partition coefficient (Wildman–Crippen LogP) is 2.21. The fraction of sp³-hybridized carbons (Fsp3) is 0.889. The van der Waals surface area contributed by atoms with E-state index in [0.717, 1.165) is 37.4 Å². The van der Waals surface area contributed by atoms with Gasteiger partial charge in [-0.25, -0.2) is 4.79 Å². The van der Waals surface area contributed by atoms with Crippen LogP contribution in [0.4, 0.5) is 4.79 Å². The van der Waals surface area contributed by atoms with Crippen molar-refractivity contribution in [2.24, 2.45) is 22.7 Å². The zero-order chi connectivity index (χ0) is 16.9. The first-order chi connectivity index (χ1) is 11.7. The number of fused-ring (bicyclic) bond motifs is 1. The molecule has 1 heterocycles. The molecule has 1 amide bonds. The van der Waals surface area contributed by atoms with Gasteiger partial charge >= 0.3 is 6.09 Å². The molecule has 1 saturated heterocycles. The highest BCUT2D eigenvalue weighted by Crippen LogP contribution is 2.36. The molecule has 2 aliphatic carbocycles. The number of ether oxygens (including phenoxy) is 1. The Morgan fingerprint density at radius 1 is 1.21 bits per heavy atom. The minimum atomic E-state index is -0.307. The highest BCUT2D eigenvalue weighted by atomic mass is 16.5. The molecule has 0 radical (unpaired) electrons.